The quantitative estimate of drug-likeness (QED) is 0.894. The highest BCUT2D eigenvalue weighted by molar-refractivity contribution is 5.88. The molecule has 1 N–H and O–H groups in total. The molecule has 0 bridgehead atoms. The Hall–Kier alpha value is -1.56. The number of rotatable bonds is 4. The zero-order valence-electron chi connectivity index (χ0n) is 11.7. The molecule has 0 aromatic carbocycles. The minimum atomic E-state index is -0.977. The van der Waals surface area contributed by atoms with E-state index in [-0.39, 0.29) is 5.69 Å². The second-order valence-corrected chi connectivity index (χ2v) is 4.88. The van der Waals surface area contributed by atoms with Crippen molar-refractivity contribution in [3.63, 3.8) is 0 Å². The molecule has 0 spiro atoms. The average molecular weight is 267 g/mol. The molecule has 1 unspecified atom stereocenters. The SMILES string of the molecule is CCN(c1c(C)c(C(=O)O)nn1C)C1CCCOC1. The number of aromatic nitrogens is 2. The van der Waals surface area contributed by atoms with Crippen LogP contribution in [0.1, 0.15) is 35.8 Å². The van der Waals surface area contributed by atoms with Gasteiger partial charge in [-0.2, -0.15) is 5.10 Å². The number of anilines is 1. The lowest BCUT2D eigenvalue weighted by Crippen LogP contribution is -2.42. The van der Waals surface area contributed by atoms with Gasteiger partial charge in [0.1, 0.15) is 5.82 Å². The van der Waals surface area contributed by atoms with E-state index in [4.69, 9.17) is 9.84 Å². The van der Waals surface area contributed by atoms with Crippen molar-refractivity contribution in [3.05, 3.63) is 11.3 Å². The van der Waals surface area contributed by atoms with Gasteiger partial charge in [-0.1, -0.05) is 0 Å². The summed E-state index contributed by atoms with van der Waals surface area (Å²) in [5.41, 5.74) is 0.857. The highest BCUT2D eigenvalue weighted by atomic mass is 16.5. The Morgan fingerprint density at radius 2 is 2.37 bits per heavy atom. The van der Waals surface area contributed by atoms with Gasteiger partial charge >= 0.3 is 5.97 Å². The summed E-state index contributed by atoms with van der Waals surface area (Å²) in [6.45, 7) is 6.22. The van der Waals surface area contributed by atoms with Gasteiger partial charge in [0.15, 0.2) is 5.69 Å². The predicted octanol–water partition coefficient (Wildman–Crippen LogP) is 1.43. The van der Waals surface area contributed by atoms with Gasteiger partial charge < -0.3 is 14.7 Å². The summed E-state index contributed by atoms with van der Waals surface area (Å²) >= 11 is 0. The first kappa shape index (κ1) is 13.9. The van der Waals surface area contributed by atoms with Crippen molar-refractivity contribution in [2.24, 2.45) is 7.05 Å². The number of carbonyl (C=O) groups is 1. The van der Waals surface area contributed by atoms with Gasteiger partial charge in [0.2, 0.25) is 0 Å². The Balaban J connectivity index is 2.34. The molecule has 1 aliphatic heterocycles. The van der Waals surface area contributed by atoms with Crippen molar-refractivity contribution in [1.29, 1.82) is 0 Å². The van der Waals surface area contributed by atoms with E-state index in [0.717, 1.165) is 37.4 Å². The summed E-state index contributed by atoms with van der Waals surface area (Å²) < 4.78 is 7.20. The third-order valence-corrected chi connectivity index (χ3v) is 3.64. The average Bonchev–Trinajstić information content (AvgIpc) is 2.69. The second-order valence-electron chi connectivity index (χ2n) is 4.88. The number of nitrogens with zero attached hydrogens (tertiary/aromatic N) is 3. The number of carboxylic acids is 1. The van der Waals surface area contributed by atoms with E-state index in [9.17, 15) is 4.79 Å². The molecule has 0 saturated carbocycles. The maximum absolute atomic E-state index is 11.2. The van der Waals surface area contributed by atoms with Crippen LogP contribution in [0, 0.1) is 6.92 Å². The fourth-order valence-corrected chi connectivity index (χ4v) is 2.78. The Morgan fingerprint density at radius 3 is 2.84 bits per heavy atom. The maximum Gasteiger partial charge on any atom is 0.356 e. The summed E-state index contributed by atoms with van der Waals surface area (Å²) in [6.07, 6.45) is 2.12. The summed E-state index contributed by atoms with van der Waals surface area (Å²) in [6, 6.07) is 0.300. The summed E-state index contributed by atoms with van der Waals surface area (Å²) in [7, 11) is 1.79. The van der Waals surface area contributed by atoms with E-state index >= 15 is 0 Å². The van der Waals surface area contributed by atoms with Gasteiger partial charge in [0.05, 0.1) is 12.6 Å². The zero-order valence-corrected chi connectivity index (χ0v) is 11.7. The van der Waals surface area contributed by atoms with E-state index in [1.807, 2.05) is 6.92 Å². The lowest BCUT2D eigenvalue weighted by atomic mass is 10.1. The van der Waals surface area contributed by atoms with Crippen LogP contribution in [-0.2, 0) is 11.8 Å². The van der Waals surface area contributed by atoms with Crippen LogP contribution in [0.25, 0.3) is 0 Å². The summed E-state index contributed by atoms with van der Waals surface area (Å²) in [5, 5.41) is 13.3. The van der Waals surface area contributed by atoms with E-state index in [1.165, 1.54) is 0 Å². The molecule has 1 aromatic rings. The van der Waals surface area contributed by atoms with Crippen LogP contribution < -0.4 is 4.90 Å². The normalized spacial score (nSPS) is 19.4. The number of hydrogen-bond donors (Lipinski definition) is 1. The van der Waals surface area contributed by atoms with Crippen LogP contribution in [0.5, 0.6) is 0 Å². The van der Waals surface area contributed by atoms with Crippen molar-refractivity contribution in [2.45, 2.75) is 32.7 Å². The van der Waals surface area contributed by atoms with E-state index in [0.29, 0.717) is 12.6 Å². The summed E-state index contributed by atoms with van der Waals surface area (Å²) in [5.74, 6) is -0.0919. The summed E-state index contributed by atoms with van der Waals surface area (Å²) in [4.78, 5) is 13.4. The fraction of sp³-hybridized carbons (Fsp3) is 0.692. The fourth-order valence-electron chi connectivity index (χ4n) is 2.78. The number of aryl methyl sites for hydroxylation is 1. The minimum Gasteiger partial charge on any atom is -0.476 e. The third kappa shape index (κ3) is 2.58. The molecule has 106 valence electrons. The van der Waals surface area contributed by atoms with Crippen LogP contribution in [0.15, 0.2) is 0 Å². The molecule has 6 heteroatoms. The molecule has 6 nitrogen and oxygen atoms in total. The highest BCUT2D eigenvalue weighted by Gasteiger charge is 2.27. The molecule has 1 aromatic heterocycles. The third-order valence-electron chi connectivity index (χ3n) is 3.64. The number of hydrogen-bond acceptors (Lipinski definition) is 4. The first-order chi connectivity index (χ1) is 9.06. The largest absolute Gasteiger partial charge is 0.476 e. The maximum atomic E-state index is 11.2. The zero-order chi connectivity index (χ0) is 14.0. The molecule has 1 saturated heterocycles. The van der Waals surface area contributed by atoms with Crippen LogP contribution in [0.4, 0.5) is 5.82 Å². The number of aromatic carboxylic acids is 1. The molecule has 1 fully saturated rings. The molecule has 0 aliphatic carbocycles. The van der Waals surface area contributed by atoms with Crippen molar-refractivity contribution in [1.82, 2.24) is 9.78 Å². The minimum absolute atomic E-state index is 0.132. The molecule has 0 amide bonds. The standard InChI is InChI=1S/C13H21N3O3/c1-4-16(10-6-5-7-19-8-10)12-9(2)11(13(17)18)14-15(12)3/h10H,4-8H2,1-3H3,(H,17,18). The first-order valence-corrected chi connectivity index (χ1v) is 6.67. The molecule has 2 rings (SSSR count). The lowest BCUT2D eigenvalue weighted by molar-refractivity contribution is 0.0689. The van der Waals surface area contributed by atoms with Crippen molar-refractivity contribution in [2.75, 3.05) is 24.7 Å². The number of carboxylic acid groups (broad SMARTS) is 1. The van der Waals surface area contributed by atoms with Gasteiger partial charge in [0, 0.05) is 25.8 Å². The second kappa shape index (κ2) is 5.61. The molecule has 0 radical (unpaired) electrons. The van der Waals surface area contributed by atoms with E-state index in [2.05, 4.69) is 16.9 Å². The van der Waals surface area contributed by atoms with Gasteiger partial charge in [-0.25, -0.2) is 4.79 Å². The lowest BCUT2D eigenvalue weighted by Gasteiger charge is -2.35. The molecule has 1 aliphatic rings. The smallest absolute Gasteiger partial charge is 0.356 e. The molecule has 19 heavy (non-hydrogen) atoms. The predicted molar refractivity (Wildman–Crippen MR) is 71.8 cm³/mol. The van der Waals surface area contributed by atoms with Crippen LogP contribution in [0.3, 0.4) is 0 Å². The highest BCUT2D eigenvalue weighted by Crippen LogP contribution is 2.27. The Bertz CT molecular complexity index is 464. The van der Waals surface area contributed by atoms with Gasteiger partial charge in [-0.3, -0.25) is 4.68 Å². The van der Waals surface area contributed by atoms with Crippen LogP contribution in [0.2, 0.25) is 0 Å². The van der Waals surface area contributed by atoms with Crippen LogP contribution in [-0.4, -0.2) is 46.7 Å². The van der Waals surface area contributed by atoms with Crippen molar-refractivity contribution >= 4 is 11.8 Å². The van der Waals surface area contributed by atoms with E-state index in [1.54, 1.807) is 11.7 Å². The van der Waals surface area contributed by atoms with Crippen molar-refractivity contribution < 1.29 is 14.6 Å². The Kier molecular flexibility index (Phi) is 4.09. The van der Waals surface area contributed by atoms with Gasteiger partial charge in [0.25, 0.3) is 0 Å². The number of ether oxygens (including phenoxy) is 1. The molecular formula is C13H21N3O3. The monoisotopic (exact) mass is 267 g/mol. The molecule has 1 atom stereocenters. The van der Waals surface area contributed by atoms with Crippen LogP contribution >= 0.6 is 0 Å². The topological polar surface area (TPSA) is 67.6 Å². The van der Waals surface area contributed by atoms with Gasteiger partial charge in [-0.05, 0) is 26.7 Å². The first-order valence-electron chi connectivity index (χ1n) is 6.67. The Labute approximate surface area is 113 Å². The molecular weight excluding hydrogens is 246 g/mol. The number of likely N-dealkylation sites (N-methyl/N-ethyl adjacent to an activating group) is 1. The van der Waals surface area contributed by atoms with Crippen molar-refractivity contribution in [3.8, 4) is 0 Å². The van der Waals surface area contributed by atoms with E-state index < -0.39 is 5.97 Å². The Morgan fingerprint density at radius 1 is 1.63 bits per heavy atom. The molecule has 2 heterocycles. The van der Waals surface area contributed by atoms with Gasteiger partial charge in [-0.15, -0.1) is 0 Å².